The molecule has 0 bridgehead atoms. The smallest absolute Gasteiger partial charge is 0.196 e. The molecule has 2 aromatic heterocycles. The van der Waals surface area contributed by atoms with E-state index in [2.05, 4.69) is 63.3 Å². The van der Waals surface area contributed by atoms with Crippen LogP contribution in [0.3, 0.4) is 0 Å². The first-order valence-corrected chi connectivity index (χ1v) is 12.0. The van der Waals surface area contributed by atoms with Gasteiger partial charge in [-0.15, -0.1) is 10.2 Å². The summed E-state index contributed by atoms with van der Waals surface area (Å²) < 4.78 is 0. The number of aromatic amines is 1. The summed E-state index contributed by atoms with van der Waals surface area (Å²) in [5.74, 6) is 0.165. The molecule has 2 aromatic carbocycles. The van der Waals surface area contributed by atoms with E-state index in [0.29, 0.717) is 0 Å². The van der Waals surface area contributed by atoms with Gasteiger partial charge in [-0.25, -0.2) is 0 Å². The Hall–Kier alpha value is -4.07. The maximum Gasteiger partial charge on any atom is 0.196 e. The van der Waals surface area contributed by atoms with E-state index in [1.54, 1.807) is 12.4 Å². The number of azo groups is 1. The molecule has 4 aromatic rings. The second kappa shape index (κ2) is 10.3. The SMILES string of the molecule is CN(C)CCN(C)Cc1ccc2[nH]c(O)c(/C=c3\ccc4c(c3)N=NC=4/C=C/c3ccncc3)c2c1. The fourth-order valence-corrected chi connectivity index (χ4v) is 4.29. The van der Waals surface area contributed by atoms with Crippen molar-refractivity contribution >= 4 is 34.4 Å². The second-order valence-electron chi connectivity index (χ2n) is 9.43. The van der Waals surface area contributed by atoms with Crippen LogP contribution in [-0.4, -0.2) is 59.1 Å². The molecule has 1 aliphatic rings. The minimum absolute atomic E-state index is 0.165. The van der Waals surface area contributed by atoms with E-state index < -0.39 is 0 Å². The van der Waals surface area contributed by atoms with Gasteiger partial charge >= 0.3 is 0 Å². The van der Waals surface area contributed by atoms with Gasteiger partial charge in [-0.05, 0) is 86.0 Å². The lowest BCUT2D eigenvalue weighted by Gasteiger charge is -2.19. The van der Waals surface area contributed by atoms with Gasteiger partial charge in [0.05, 0.1) is 11.4 Å². The van der Waals surface area contributed by atoms with Gasteiger partial charge in [0.2, 0.25) is 0 Å². The van der Waals surface area contributed by atoms with Gasteiger partial charge in [0.15, 0.2) is 5.88 Å². The fourth-order valence-electron chi connectivity index (χ4n) is 4.29. The number of rotatable bonds is 8. The summed E-state index contributed by atoms with van der Waals surface area (Å²) >= 11 is 0. The Labute approximate surface area is 210 Å². The molecule has 0 fully saturated rings. The number of hydrogen-bond acceptors (Lipinski definition) is 6. The van der Waals surface area contributed by atoms with E-state index >= 15 is 0 Å². The van der Waals surface area contributed by atoms with Crippen molar-refractivity contribution in [1.82, 2.24) is 19.8 Å². The summed E-state index contributed by atoms with van der Waals surface area (Å²) in [5.41, 5.74) is 5.60. The molecule has 0 saturated carbocycles. The molecule has 0 atom stereocenters. The predicted molar refractivity (Wildman–Crippen MR) is 145 cm³/mol. The summed E-state index contributed by atoms with van der Waals surface area (Å²) in [5, 5.41) is 22.3. The van der Waals surface area contributed by atoms with Crippen molar-refractivity contribution in [3.05, 3.63) is 94.1 Å². The van der Waals surface area contributed by atoms with Gasteiger partial charge < -0.3 is 19.9 Å². The molecule has 182 valence electrons. The van der Waals surface area contributed by atoms with Crippen molar-refractivity contribution in [3.63, 3.8) is 0 Å². The van der Waals surface area contributed by atoms with Crippen LogP contribution in [0.4, 0.5) is 5.69 Å². The lowest BCUT2D eigenvalue weighted by Crippen LogP contribution is -2.28. The van der Waals surface area contributed by atoms with Gasteiger partial charge in [-0.2, -0.15) is 0 Å². The van der Waals surface area contributed by atoms with Crippen LogP contribution >= 0.6 is 0 Å². The summed E-state index contributed by atoms with van der Waals surface area (Å²) in [4.78, 5) is 11.6. The van der Waals surface area contributed by atoms with Crippen molar-refractivity contribution in [2.45, 2.75) is 6.54 Å². The Morgan fingerprint density at radius 1 is 0.917 bits per heavy atom. The monoisotopic (exact) mass is 478 g/mol. The van der Waals surface area contributed by atoms with E-state index in [4.69, 9.17) is 0 Å². The Kier molecular flexibility index (Phi) is 6.75. The van der Waals surface area contributed by atoms with Gasteiger partial charge in [0, 0.05) is 53.7 Å². The third kappa shape index (κ3) is 5.27. The van der Waals surface area contributed by atoms with Crippen LogP contribution in [0.25, 0.3) is 28.8 Å². The highest BCUT2D eigenvalue weighted by atomic mass is 16.3. The highest BCUT2D eigenvalue weighted by molar-refractivity contribution is 5.92. The number of aromatic nitrogens is 2. The van der Waals surface area contributed by atoms with E-state index in [1.165, 1.54) is 5.56 Å². The van der Waals surface area contributed by atoms with E-state index in [1.807, 2.05) is 54.6 Å². The number of hydrogen-bond donors (Lipinski definition) is 2. The molecule has 0 amide bonds. The van der Waals surface area contributed by atoms with Crippen LogP contribution in [0.2, 0.25) is 0 Å². The number of benzene rings is 2. The maximum absolute atomic E-state index is 10.7. The fraction of sp³-hybridized carbons (Fsp3) is 0.207. The molecule has 5 rings (SSSR count). The number of H-pyrrole nitrogens is 1. The third-order valence-electron chi connectivity index (χ3n) is 6.28. The van der Waals surface area contributed by atoms with Crippen molar-refractivity contribution < 1.29 is 5.11 Å². The first-order valence-electron chi connectivity index (χ1n) is 12.0. The zero-order valence-corrected chi connectivity index (χ0v) is 20.8. The van der Waals surface area contributed by atoms with Gasteiger partial charge in [0.25, 0.3) is 0 Å². The van der Waals surface area contributed by atoms with Crippen LogP contribution in [0.15, 0.2) is 77.2 Å². The minimum Gasteiger partial charge on any atom is -0.494 e. The average molecular weight is 479 g/mol. The zero-order valence-electron chi connectivity index (χ0n) is 20.8. The molecule has 7 heteroatoms. The first kappa shape index (κ1) is 23.7. The van der Waals surface area contributed by atoms with Gasteiger partial charge in [0.1, 0.15) is 0 Å². The third-order valence-corrected chi connectivity index (χ3v) is 6.28. The molecule has 36 heavy (non-hydrogen) atoms. The number of pyridine rings is 1. The summed E-state index contributed by atoms with van der Waals surface area (Å²) in [6.07, 6.45) is 9.50. The lowest BCUT2D eigenvalue weighted by atomic mass is 10.1. The molecule has 0 radical (unpaired) electrons. The second-order valence-corrected chi connectivity index (χ2v) is 9.43. The highest BCUT2D eigenvalue weighted by Crippen LogP contribution is 2.29. The van der Waals surface area contributed by atoms with E-state index in [0.717, 1.165) is 63.5 Å². The number of likely N-dealkylation sites (N-methyl/N-ethyl adjacent to an activating group) is 2. The molecule has 7 nitrogen and oxygen atoms in total. The molecule has 0 aliphatic carbocycles. The first-order chi connectivity index (χ1) is 17.5. The normalized spacial score (nSPS) is 13.7. The predicted octanol–water partition coefficient (Wildman–Crippen LogP) is 4.01. The van der Waals surface area contributed by atoms with Gasteiger partial charge in [-0.1, -0.05) is 18.2 Å². The topological polar surface area (TPSA) is 80.1 Å². The molecule has 2 N–H and O–H groups in total. The highest BCUT2D eigenvalue weighted by Gasteiger charge is 2.11. The summed E-state index contributed by atoms with van der Waals surface area (Å²) in [6, 6.07) is 16.3. The summed E-state index contributed by atoms with van der Waals surface area (Å²) in [6.45, 7) is 2.85. The minimum atomic E-state index is 0.165. The van der Waals surface area contributed by atoms with E-state index in [9.17, 15) is 5.11 Å². The maximum atomic E-state index is 10.7. The van der Waals surface area contributed by atoms with Crippen molar-refractivity contribution in [2.75, 3.05) is 34.2 Å². The Morgan fingerprint density at radius 3 is 2.56 bits per heavy atom. The molecule has 0 spiro atoms. The number of nitrogens with one attached hydrogen (secondary N) is 1. The number of nitrogens with zero attached hydrogens (tertiary/aromatic N) is 5. The Balaban J connectivity index is 1.44. The zero-order chi connectivity index (χ0) is 25.1. The number of fused-ring (bicyclic) bond motifs is 2. The van der Waals surface area contributed by atoms with Crippen molar-refractivity contribution in [3.8, 4) is 5.88 Å². The van der Waals surface area contributed by atoms with Crippen molar-refractivity contribution in [1.29, 1.82) is 0 Å². The van der Waals surface area contributed by atoms with Crippen LogP contribution in [0.5, 0.6) is 5.88 Å². The number of aromatic hydroxyl groups is 1. The molecule has 0 unspecified atom stereocenters. The molecular formula is C29H30N6O. The Bertz CT molecular complexity index is 1570. The molecule has 0 saturated heterocycles. The molecule has 1 aliphatic heterocycles. The summed E-state index contributed by atoms with van der Waals surface area (Å²) in [7, 11) is 6.30. The lowest BCUT2D eigenvalue weighted by molar-refractivity contribution is 0.276. The van der Waals surface area contributed by atoms with Crippen LogP contribution in [0, 0.1) is 0 Å². The van der Waals surface area contributed by atoms with Crippen LogP contribution in [-0.2, 0) is 6.54 Å². The van der Waals surface area contributed by atoms with Crippen molar-refractivity contribution in [2.24, 2.45) is 10.2 Å². The van der Waals surface area contributed by atoms with Crippen LogP contribution in [0.1, 0.15) is 16.7 Å². The largest absolute Gasteiger partial charge is 0.494 e. The molecule has 3 heterocycles. The van der Waals surface area contributed by atoms with Crippen LogP contribution < -0.4 is 10.4 Å². The Morgan fingerprint density at radius 2 is 1.75 bits per heavy atom. The molecular weight excluding hydrogens is 448 g/mol. The average Bonchev–Trinajstić information content (AvgIpc) is 3.42. The van der Waals surface area contributed by atoms with E-state index in [-0.39, 0.29) is 5.88 Å². The quantitative estimate of drug-likeness (QED) is 0.401. The van der Waals surface area contributed by atoms with Gasteiger partial charge in [-0.3, -0.25) is 4.98 Å². The standard InChI is InChI=1S/C29H30N6O/c1-34(2)14-15-35(3)19-22-6-8-26-24(17-22)25(29(36)31-26)16-21-4-7-23-27(32-33-28(23)18-21)9-5-20-10-12-30-13-11-20/h4-13,16-18,31,36H,14-15,19H2,1-3H3/b9-5+,21-16+.